The van der Waals surface area contributed by atoms with Crippen LogP contribution in [0.2, 0.25) is 0 Å². The van der Waals surface area contributed by atoms with Gasteiger partial charge in [-0.2, -0.15) is 0 Å². The van der Waals surface area contributed by atoms with Crippen LogP contribution in [-0.4, -0.2) is 12.6 Å². The van der Waals surface area contributed by atoms with Gasteiger partial charge in [-0.25, -0.2) is 0 Å². The molecule has 0 saturated carbocycles. The molecule has 3 unspecified atom stereocenters. The van der Waals surface area contributed by atoms with Gasteiger partial charge in [-0.3, -0.25) is 0 Å². The Labute approximate surface area is 126 Å². The van der Waals surface area contributed by atoms with E-state index < -0.39 is 0 Å². The van der Waals surface area contributed by atoms with Gasteiger partial charge in [0.15, 0.2) is 0 Å². The first kappa shape index (κ1) is 17.2. The maximum Gasteiger partial charge on any atom is 0.0258 e. The lowest BCUT2D eigenvalue weighted by Crippen LogP contribution is -2.32. The molecular weight excluding hydrogens is 242 g/mol. The average Bonchev–Trinajstić information content (AvgIpc) is 2.36. The van der Waals surface area contributed by atoms with E-state index in [0.717, 1.165) is 6.54 Å². The second-order valence-corrected chi connectivity index (χ2v) is 7.07. The zero-order valence-electron chi connectivity index (χ0n) is 14.2. The zero-order chi connectivity index (χ0) is 15.1. The van der Waals surface area contributed by atoms with Crippen molar-refractivity contribution in [1.82, 2.24) is 5.32 Å². The normalized spacial score (nSPS) is 21.6. The first-order chi connectivity index (χ1) is 9.38. The van der Waals surface area contributed by atoms with Crippen molar-refractivity contribution in [3.05, 3.63) is 35.5 Å². The standard InChI is InChI=1S/C19H33N/c1-14(2)11-19(20-13-15(3)4)12-17(6)18-9-7-16(5)8-10-18/h7,9-11,15-17,19-20H,8,12-13H2,1-6H3. The second kappa shape index (κ2) is 8.46. The van der Waals surface area contributed by atoms with Crippen LogP contribution in [0.1, 0.15) is 54.4 Å². The molecule has 0 fully saturated rings. The van der Waals surface area contributed by atoms with Crippen molar-refractivity contribution in [2.75, 3.05) is 6.54 Å². The summed E-state index contributed by atoms with van der Waals surface area (Å²) in [4.78, 5) is 0. The van der Waals surface area contributed by atoms with Crippen LogP contribution >= 0.6 is 0 Å². The van der Waals surface area contributed by atoms with E-state index in [1.54, 1.807) is 0 Å². The van der Waals surface area contributed by atoms with Gasteiger partial charge in [0.2, 0.25) is 0 Å². The highest BCUT2D eigenvalue weighted by Crippen LogP contribution is 2.25. The molecule has 1 nitrogen and oxygen atoms in total. The van der Waals surface area contributed by atoms with Crippen molar-refractivity contribution in [2.24, 2.45) is 17.8 Å². The molecule has 3 atom stereocenters. The lowest BCUT2D eigenvalue weighted by atomic mass is 9.87. The molecule has 0 aromatic carbocycles. The lowest BCUT2D eigenvalue weighted by Gasteiger charge is -2.24. The Morgan fingerprint density at radius 3 is 2.55 bits per heavy atom. The Morgan fingerprint density at radius 1 is 1.35 bits per heavy atom. The van der Waals surface area contributed by atoms with Crippen molar-refractivity contribution in [3.63, 3.8) is 0 Å². The molecule has 1 heteroatoms. The Balaban J connectivity index is 2.60. The SMILES string of the molecule is CC(C)=CC(CC(C)C1=CCC(C)C=C1)NCC(C)C. The van der Waals surface area contributed by atoms with Crippen LogP contribution in [0.3, 0.4) is 0 Å². The van der Waals surface area contributed by atoms with E-state index in [9.17, 15) is 0 Å². The number of allylic oxidation sites excluding steroid dienone is 5. The van der Waals surface area contributed by atoms with Gasteiger partial charge in [0.25, 0.3) is 0 Å². The molecule has 20 heavy (non-hydrogen) atoms. The Kier molecular flexibility index (Phi) is 7.29. The Bertz CT molecular complexity index is 369. The van der Waals surface area contributed by atoms with Crippen molar-refractivity contribution in [1.29, 1.82) is 0 Å². The summed E-state index contributed by atoms with van der Waals surface area (Å²) in [5.74, 6) is 2.03. The molecule has 1 rings (SSSR count). The summed E-state index contributed by atoms with van der Waals surface area (Å²) in [6.45, 7) is 14.6. The van der Waals surface area contributed by atoms with Crippen LogP contribution in [0.4, 0.5) is 0 Å². The molecule has 1 aliphatic rings. The Morgan fingerprint density at radius 2 is 2.05 bits per heavy atom. The molecule has 0 bridgehead atoms. The van der Waals surface area contributed by atoms with Crippen LogP contribution in [-0.2, 0) is 0 Å². The molecule has 0 radical (unpaired) electrons. The molecule has 0 spiro atoms. The van der Waals surface area contributed by atoms with Crippen LogP contribution < -0.4 is 5.32 Å². The van der Waals surface area contributed by atoms with Crippen LogP contribution in [0.15, 0.2) is 35.5 Å². The fraction of sp³-hybridized carbons (Fsp3) is 0.684. The van der Waals surface area contributed by atoms with Crippen molar-refractivity contribution >= 4 is 0 Å². The van der Waals surface area contributed by atoms with Gasteiger partial charge in [-0.15, -0.1) is 0 Å². The average molecular weight is 275 g/mol. The predicted molar refractivity (Wildman–Crippen MR) is 90.8 cm³/mol. The summed E-state index contributed by atoms with van der Waals surface area (Å²) in [5, 5.41) is 3.70. The Hall–Kier alpha value is -0.820. The van der Waals surface area contributed by atoms with Crippen LogP contribution in [0.25, 0.3) is 0 Å². The third-order valence-electron chi connectivity index (χ3n) is 3.84. The van der Waals surface area contributed by atoms with E-state index in [1.165, 1.54) is 24.0 Å². The maximum absolute atomic E-state index is 3.70. The summed E-state index contributed by atoms with van der Waals surface area (Å²) in [6, 6.07) is 0.492. The van der Waals surface area contributed by atoms with E-state index in [1.807, 2.05) is 0 Å². The molecule has 0 heterocycles. The molecule has 0 amide bonds. The highest BCUT2D eigenvalue weighted by Gasteiger charge is 2.15. The van der Waals surface area contributed by atoms with Gasteiger partial charge in [0, 0.05) is 6.04 Å². The first-order valence-corrected chi connectivity index (χ1v) is 8.15. The molecule has 0 aromatic rings. The number of rotatable bonds is 7. The smallest absolute Gasteiger partial charge is 0.0258 e. The van der Waals surface area contributed by atoms with E-state index in [-0.39, 0.29) is 0 Å². The van der Waals surface area contributed by atoms with Gasteiger partial charge in [-0.1, -0.05) is 57.6 Å². The highest BCUT2D eigenvalue weighted by atomic mass is 14.9. The lowest BCUT2D eigenvalue weighted by molar-refractivity contribution is 0.452. The van der Waals surface area contributed by atoms with Gasteiger partial charge in [0.05, 0.1) is 0 Å². The largest absolute Gasteiger partial charge is 0.310 e. The molecule has 0 saturated heterocycles. The molecule has 1 N–H and O–H groups in total. The molecule has 0 aliphatic heterocycles. The fourth-order valence-electron chi connectivity index (χ4n) is 2.63. The summed E-state index contributed by atoms with van der Waals surface area (Å²) < 4.78 is 0. The minimum absolute atomic E-state index is 0.492. The summed E-state index contributed by atoms with van der Waals surface area (Å²) in [7, 11) is 0. The van der Waals surface area contributed by atoms with Gasteiger partial charge in [0.1, 0.15) is 0 Å². The second-order valence-electron chi connectivity index (χ2n) is 7.07. The van der Waals surface area contributed by atoms with E-state index in [2.05, 4.69) is 71.2 Å². The maximum atomic E-state index is 3.70. The van der Waals surface area contributed by atoms with Gasteiger partial charge >= 0.3 is 0 Å². The van der Waals surface area contributed by atoms with E-state index in [0.29, 0.717) is 23.8 Å². The van der Waals surface area contributed by atoms with E-state index in [4.69, 9.17) is 0 Å². The van der Waals surface area contributed by atoms with E-state index >= 15 is 0 Å². The van der Waals surface area contributed by atoms with Crippen molar-refractivity contribution in [2.45, 2.75) is 60.4 Å². The van der Waals surface area contributed by atoms with Crippen molar-refractivity contribution < 1.29 is 0 Å². The van der Waals surface area contributed by atoms with Crippen LogP contribution in [0.5, 0.6) is 0 Å². The monoisotopic (exact) mass is 275 g/mol. The fourth-order valence-corrected chi connectivity index (χ4v) is 2.63. The molecule has 1 aliphatic carbocycles. The van der Waals surface area contributed by atoms with Crippen LogP contribution in [0, 0.1) is 17.8 Å². The summed E-state index contributed by atoms with van der Waals surface area (Å²) in [6.07, 6.45) is 11.9. The number of hydrogen-bond acceptors (Lipinski definition) is 1. The van der Waals surface area contributed by atoms with Gasteiger partial charge < -0.3 is 5.32 Å². The molecular formula is C19H33N. The number of nitrogens with one attached hydrogen (secondary N) is 1. The minimum Gasteiger partial charge on any atom is -0.310 e. The third kappa shape index (κ3) is 6.56. The molecule has 0 aromatic heterocycles. The quantitative estimate of drug-likeness (QED) is 0.636. The zero-order valence-corrected chi connectivity index (χ0v) is 14.2. The third-order valence-corrected chi connectivity index (χ3v) is 3.84. The van der Waals surface area contributed by atoms with Gasteiger partial charge in [-0.05, 0) is 56.6 Å². The number of hydrogen-bond donors (Lipinski definition) is 1. The first-order valence-electron chi connectivity index (χ1n) is 8.15. The topological polar surface area (TPSA) is 12.0 Å². The predicted octanol–water partition coefficient (Wildman–Crippen LogP) is 5.12. The van der Waals surface area contributed by atoms with Crippen molar-refractivity contribution in [3.8, 4) is 0 Å². The summed E-state index contributed by atoms with van der Waals surface area (Å²) in [5.41, 5.74) is 2.92. The minimum atomic E-state index is 0.492. The summed E-state index contributed by atoms with van der Waals surface area (Å²) >= 11 is 0. The highest BCUT2D eigenvalue weighted by molar-refractivity contribution is 5.26. The molecule has 114 valence electrons.